The average molecular weight is 766 g/mol. The summed E-state index contributed by atoms with van der Waals surface area (Å²) in [4.78, 5) is 2.35. The lowest BCUT2D eigenvalue weighted by Crippen LogP contribution is -2.10. The van der Waals surface area contributed by atoms with Crippen LogP contribution in [0.5, 0.6) is 0 Å². The standard InChI is InChI=1S/C58H39NO/c1-3-12-40(13-4-1)50-36-51(41-14-5-2-6-15-41)38-54(37-50)59(53-32-33-56-55-20-9-10-21-57(55)60-58(56)39-53)52-30-28-44(29-31-52)43-22-24-45(25-23-43)47-18-11-19-48(34-47)49-27-26-42-16-7-8-17-46(42)35-49/h1-39H. The van der Waals surface area contributed by atoms with Gasteiger partial charge in [-0.25, -0.2) is 0 Å². The lowest BCUT2D eigenvalue weighted by atomic mass is 9.96. The number of hydrogen-bond donors (Lipinski definition) is 0. The number of anilines is 3. The van der Waals surface area contributed by atoms with Gasteiger partial charge in [-0.05, 0) is 127 Å². The minimum absolute atomic E-state index is 0.862. The van der Waals surface area contributed by atoms with E-state index < -0.39 is 0 Å². The van der Waals surface area contributed by atoms with Crippen molar-refractivity contribution >= 4 is 49.8 Å². The van der Waals surface area contributed by atoms with Gasteiger partial charge in [-0.2, -0.15) is 0 Å². The van der Waals surface area contributed by atoms with Gasteiger partial charge < -0.3 is 9.32 Å². The van der Waals surface area contributed by atoms with Crippen LogP contribution in [0.4, 0.5) is 17.1 Å². The molecule has 0 radical (unpaired) electrons. The lowest BCUT2D eigenvalue weighted by molar-refractivity contribution is 0.669. The van der Waals surface area contributed by atoms with E-state index in [2.05, 4.69) is 229 Å². The van der Waals surface area contributed by atoms with Gasteiger partial charge in [-0.1, -0.05) is 170 Å². The summed E-state index contributed by atoms with van der Waals surface area (Å²) in [6.45, 7) is 0. The summed E-state index contributed by atoms with van der Waals surface area (Å²) in [5, 5.41) is 4.74. The van der Waals surface area contributed by atoms with E-state index in [1.54, 1.807) is 0 Å². The van der Waals surface area contributed by atoms with Crippen molar-refractivity contribution in [2.24, 2.45) is 0 Å². The van der Waals surface area contributed by atoms with E-state index in [1.807, 2.05) is 12.1 Å². The van der Waals surface area contributed by atoms with Crippen molar-refractivity contribution in [1.82, 2.24) is 0 Å². The zero-order valence-electron chi connectivity index (χ0n) is 32.9. The molecule has 0 aliphatic heterocycles. The zero-order chi connectivity index (χ0) is 39.8. The zero-order valence-corrected chi connectivity index (χ0v) is 32.9. The highest BCUT2D eigenvalue weighted by Crippen LogP contribution is 2.42. The molecule has 1 heterocycles. The van der Waals surface area contributed by atoms with E-state index in [9.17, 15) is 0 Å². The molecule has 0 fully saturated rings. The summed E-state index contributed by atoms with van der Waals surface area (Å²) >= 11 is 0. The molecular formula is C58H39NO. The van der Waals surface area contributed by atoms with Crippen LogP contribution in [0.25, 0.3) is 88.3 Å². The normalized spacial score (nSPS) is 11.3. The van der Waals surface area contributed by atoms with E-state index in [4.69, 9.17) is 4.42 Å². The molecule has 60 heavy (non-hydrogen) atoms. The molecule has 282 valence electrons. The van der Waals surface area contributed by atoms with Gasteiger partial charge in [0.2, 0.25) is 0 Å². The number of fused-ring (bicyclic) bond motifs is 4. The van der Waals surface area contributed by atoms with Crippen LogP contribution in [0.2, 0.25) is 0 Å². The summed E-state index contributed by atoms with van der Waals surface area (Å²) in [5.41, 5.74) is 16.7. The summed E-state index contributed by atoms with van der Waals surface area (Å²) < 4.78 is 6.44. The maximum absolute atomic E-state index is 6.44. The fraction of sp³-hybridized carbons (Fsp3) is 0. The molecule has 1 aromatic heterocycles. The SMILES string of the molecule is c1ccc(-c2cc(-c3ccccc3)cc(N(c3ccc(-c4ccc(-c5cccc(-c6ccc7ccccc7c6)c5)cc4)cc3)c3ccc4c(c3)oc3ccccc34)c2)cc1. The highest BCUT2D eigenvalue weighted by molar-refractivity contribution is 6.06. The van der Waals surface area contributed by atoms with Crippen LogP contribution in [0, 0.1) is 0 Å². The maximum atomic E-state index is 6.44. The van der Waals surface area contributed by atoms with Crippen molar-refractivity contribution in [3.05, 3.63) is 237 Å². The Kier molecular flexibility index (Phi) is 8.87. The van der Waals surface area contributed by atoms with Crippen molar-refractivity contribution in [3.63, 3.8) is 0 Å². The highest BCUT2D eigenvalue weighted by Gasteiger charge is 2.18. The summed E-state index contributed by atoms with van der Waals surface area (Å²) in [6, 6.07) is 84.9. The molecule has 2 heteroatoms. The van der Waals surface area contributed by atoms with Gasteiger partial charge in [0.15, 0.2) is 0 Å². The molecule has 2 nitrogen and oxygen atoms in total. The van der Waals surface area contributed by atoms with Crippen molar-refractivity contribution in [3.8, 4) is 55.6 Å². The Balaban J connectivity index is 0.969. The third-order valence-electron chi connectivity index (χ3n) is 11.6. The third-order valence-corrected chi connectivity index (χ3v) is 11.6. The van der Waals surface area contributed by atoms with Gasteiger partial charge in [0.25, 0.3) is 0 Å². The van der Waals surface area contributed by atoms with Crippen LogP contribution in [-0.2, 0) is 0 Å². The van der Waals surface area contributed by atoms with Crippen molar-refractivity contribution < 1.29 is 4.42 Å². The number of nitrogens with zero attached hydrogens (tertiary/aromatic N) is 1. The van der Waals surface area contributed by atoms with Crippen molar-refractivity contribution in [2.75, 3.05) is 4.90 Å². The molecule has 0 amide bonds. The molecule has 0 aliphatic carbocycles. The number of rotatable bonds is 8. The molecule has 0 spiro atoms. The molecule has 0 aliphatic rings. The molecule has 0 atom stereocenters. The summed E-state index contributed by atoms with van der Waals surface area (Å²) in [5.74, 6) is 0. The molecule has 11 rings (SSSR count). The van der Waals surface area contributed by atoms with Crippen LogP contribution in [-0.4, -0.2) is 0 Å². The first-order valence-corrected chi connectivity index (χ1v) is 20.5. The molecule has 10 aromatic carbocycles. The van der Waals surface area contributed by atoms with E-state index in [-0.39, 0.29) is 0 Å². The van der Waals surface area contributed by atoms with Gasteiger partial charge >= 0.3 is 0 Å². The molecule has 0 N–H and O–H groups in total. The van der Waals surface area contributed by atoms with Crippen LogP contribution in [0.1, 0.15) is 0 Å². The monoisotopic (exact) mass is 765 g/mol. The lowest BCUT2D eigenvalue weighted by Gasteiger charge is -2.27. The Morgan fingerprint density at radius 2 is 0.700 bits per heavy atom. The van der Waals surface area contributed by atoms with Crippen LogP contribution < -0.4 is 4.90 Å². The minimum Gasteiger partial charge on any atom is -0.456 e. The molecule has 0 unspecified atom stereocenters. The van der Waals surface area contributed by atoms with Crippen LogP contribution in [0.3, 0.4) is 0 Å². The average Bonchev–Trinajstić information content (AvgIpc) is 3.70. The Morgan fingerprint density at radius 1 is 0.233 bits per heavy atom. The molecule has 0 saturated heterocycles. The predicted octanol–water partition coefficient (Wildman–Crippen LogP) is 16.5. The van der Waals surface area contributed by atoms with Gasteiger partial charge in [-0.15, -0.1) is 0 Å². The van der Waals surface area contributed by atoms with Crippen molar-refractivity contribution in [1.29, 1.82) is 0 Å². The smallest absolute Gasteiger partial charge is 0.137 e. The summed E-state index contributed by atoms with van der Waals surface area (Å²) in [6.07, 6.45) is 0. The fourth-order valence-electron chi connectivity index (χ4n) is 8.54. The molecular weight excluding hydrogens is 727 g/mol. The van der Waals surface area contributed by atoms with Crippen LogP contribution in [0.15, 0.2) is 241 Å². The Labute approximate surface area is 349 Å². The molecule has 11 aromatic rings. The van der Waals surface area contributed by atoms with Crippen LogP contribution >= 0.6 is 0 Å². The van der Waals surface area contributed by atoms with Gasteiger partial charge in [0.05, 0.1) is 0 Å². The Morgan fingerprint density at radius 3 is 1.40 bits per heavy atom. The second-order valence-corrected chi connectivity index (χ2v) is 15.4. The Hall–Kier alpha value is -7.94. The Bertz CT molecular complexity index is 3230. The third kappa shape index (κ3) is 6.70. The number of benzene rings is 10. The van der Waals surface area contributed by atoms with Gasteiger partial charge in [0, 0.05) is 33.9 Å². The van der Waals surface area contributed by atoms with E-state index in [0.29, 0.717) is 0 Å². The van der Waals surface area contributed by atoms with Gasteiger partial charge in [-0.3, -0.25) is 0 Å². The first-order chi connectivity index (χ1) is 29.7. The second kappa shape index (κ2) is 15.1. The van der Waals surface area contributed by atoms with E-state index in [0.717, 1.165) is 55.7 Å². The molecule has 0 bridgehead atoms. The first kappa shape index (κ1) is 35.2. The largest absolute Gasteiger partial charge is 0.456 e. The maximum Gasteiger partial charge on any atom is 0.137 e. The summed E-state index contributed by atoms with van der Waals surface area (Å²) in [7, 11) is 0. The highest BCUT2D eigenvalue weighted by atomic mass is 16.3. The fourth-order valence-corrected chi connectivity index (χ4v) is 8.54. The first-order valence-electron chi connectivity index (χ1n) is 20.5. The van der Waals surface area contributed by atoms with E-state index in [1.165, 1.54) is 49.7 Å². The second-order valence-electron chi connectivity index (χ2n) is 15.4. The quantitative estimate of drug-likeness (QED) is 0.153. The number of hydrogen-bond acceptors (Lipinski definition) is 2. The number of furan rings is 1. The van der Waals surface area contributed by atoms with E-state index >= 15 is 0 Å². The van der Waals surface area contributed by atoms with Crippen molar-refractivity contribution in [2.45, 2.75) is 0 Å². The topological polar surface area (TPSA) is 16.4 Å². The predicted molar refractivity (Wildman–Crippen MR) is 253 cm³/mol. The molecule has 0 saturated carbocycles. The number of para-hydroxylation sites is 1. The minimum atomic E-state index is 0.862. The van der Waals surface area contributed by atoms with Gasteiger partial charge in [0.1, 0.15) is 11.2 Å².